The van der Waals surface area contributed by atoms with Gasteiger partial charge in [0.1, 0.15) is 11.5 Å². The quantitative estimate of drug-likeness (QED) is 0.355. The molecule has 2 rings (SSSR count). The summed E-state index contributed by atoms with van der Waals surface area (Å²) in [5, 5.41) is 0. The summed E-state index contributed by atoms with van der Waals surface area (Å²) >= 11 is 0. The normalized spacial score (nSPS) is 10.5. The van der Waals surface area contributed by atoms with Gasteiger partial charge in [0.2, 0.25) is 0 Å². The highest BCUT2D eigenvalue weighted by molar-refractivity contribution is 5.68. The smallest absolute Gasteiger partial charge is 0.394 e. The van der Waals surface area contributed by atoms with Crippen molar-refractivity contribution in [3.8, 4) is 11.5 Å². The SMILES string of the molecule is CCCCCCc1ccccc1OC(=O)Oc1cccc(C)c1C. The summed E-state index contributed by atoms with van der Waals surface area (Å²) in [5.74, 6) is 1.13. The Balaban J connectivity index is 1.99. The van der Waals surface area contributed by atoms with Crippen LogP contribution in [0.4, 0.5) is 4.79 Å². The van der Waals surface area contributed by atoms with E-state index in [4.69, 9.17) is 9.47 Å². The molecule has 0 fully saturated rings. The fourth-order valence-electron chi connectivity index (χ4n) is 2.59. The van der Waals surface area contributed by atoms with Crippen LogP contribution in [0.5, 0.6) is 11.5 Å². The van der Waals surface area contributed by atoms with Crippen molar-refractivity contribution in [1.82, 2.24) is 0 Å². The zero-order valence-corrected chi connectivity index (χ0v) is 14.8. The van der Waals surface area contributed by atoms with Gasteiger partial charge in [-0.25, -0.2) is 4.79 Å². The van der Waals surface area contributed by atoms with E-state index in [1.807, 2.05) is 50.2 Å². The molecule has 0 bridgehead atoms. The number of rotatable bonds is 7. The molecule has 0 aromatic heterocycles. The highest BCUT2D eigenvalue weighted by atomic mass is 16.7. The van der Waals surface area contributed by atoms with Crippen molar-refractivity contribution in [1.29, 1.82) is 0 Å². The summed E-state index contributed by atoms with van der Waals surface area (Å²) in [6.07, 6.45) is 4.95. The zero-order chi connectivity index (χ0) is 17.4. The molecule has 3 heteroatoms. The van der Waals surface area contributed by atoms with Crippen LogP contribution in [0.3, 0.4) is 0 Å². The maximum Gasteiger partial charge on any atom is 0.519 e. The molecular weight excluding hydrogens is 300 g/mol. The molecule has 0 heterocycles. The molecule has 0 spiro atoms. The van der Waals surface area contributed by atoms with Gasteiger partial charge < -0.3 is 9.47 Å². The number of aryl methyl sites for hydroxylation is 2. The van der Waals surface area contributed by atoms with Gasteiger partial charge in [-0.2, -0.15) is 0 Å². The summed E-state index contributed by atoms with van der Waals surface area (Å²) < 4.78 is 10.8. The van der Waals surface area contributed by atoms with Gasteiger partial charge in [-0.05, 0) is 55.5 Å². The first-order valence-electron chi connectivity index (χ1n) is 8.65. The summed E-state index contributed by atoms with van der Waals surface area (Å²) in [7, 11) is 0. The third kappa shape index (κ3) is 5.12. The van der Waals surface area contributed by atoms with Crippen molar-refractivity contribution in [2.45, 2.75) is 52.9 Å². The molecule has 128 valence electrons. The van der Waals surface area contributed by atoms with Gasteiger partial charge >= 0.3 is 6.16 Å². The first kappa shape index (κ1) is 18.1. The third-order valence-corrected chi connectivity index (χ3v) is 4.21. The lowest BCUT2D eigenvalue weighted by Crippen LogP contribution is -2.15. The Morgan fingerprint density at radius 3 is 2.38 bits per heavy atom. The fourth-order valence-corrected chi connectivity index (χ4v) is 2.59. The Labute approximate surface area is 144 Å². The van der Waals surface area contributed by atoms with Gasteiger partial charge in [0.25, 0.3) is 0 Å². The largest absolute Gasteiger partial charge is 0.519 e. The summed E-state index contributed by atoms with van der Waals surface area (Å²) in [5.41, 5.74) is 3.07. The lowest BCUT2D eigenvalue weighted by atomic mass is 10.1. The van der Waals surface area contributed by atoms with Gasteiger partial charge in [0.05, 0.1) is 0 Å². The van der Waals surface area contributed by atoms with E-state index in [0.29, 0.717) is 11.5 Å². The van der Waals surface area contributed by atoms with E-state index in [9.17, 15) is 4.79 Å². The lowest BCUT2D eigenvalue weighted by molar-refractivity contribution is 0.151. The van der Waals surface area contributed by atoms with Crippen LogP contribution >= 0.6 is 0 Å². The van der Waals surface area contributed by atoms with Crippen LogP contribution in [0.15, 0.2) is 42.5 Å². The van der Waals surface area contributed by atoms with E-state index in [2.05, 4.69) is 6.92 Å². The number of hydrogen-bond donors (Lipinski definition) is 0. The number of para-hydroxylation sites is 1. The number of carbonyl (C=O) groups is 1. The lowest BCUT2D eigenvalue weighted by Gasteiger charge is -2.12. The molecule has 0 atom stereocenters. The Morgan fingerprint density at radius 1 is 0.875 bits per heavy atom. The second kappa shape index (κ2) is 9.11. The van der Waals surface area contributed by atoms with Crippen molar-refractivity contribution < 1.29 is 14.3 Å². The third-order valence-electron chi connectivity index (χ3n) is 4.21. The number of ether oxygens (including phenoxy) is 2. The van der Waals surface area contributed by atoms with E-state index in [-0.39, 0.29) is 0 Å². The predicted octanol–water partition coefficient (Wildman–Crippen LogP) is 6.00. The van der Waals surface area contributed by atoms with Crippen molar-refractivity contribution in [3.05, 3.63) is 59.2 Å². The Kier molecular flexibility index (Phi) is 6.86. The molecule has 0 aliphatic heterocycles. The average molecular weight is 326 g/mol. The fraction of sp³-hybridized carbons (Fsp3) is 0.381. The minimum absolute atomic E-state index is 0.542. The highest BCUT2D eigenvalue weighted by Crippen LogP contribution is 2.24. The summed E-state index contributed by atoms with van der Waals surface area (Å²) in [6, 6.07) is 13.3. The van der Waals surface area contributed by atoms with E-state index in [1.165, 1.54) is 19.3 Å². The van der Waals surface area contributed by atoms with E-state index >= 15 is 0 Å². The van der Waals surface area contributed by atoms with Crippen LogP contribution in [-0.2, 0) is 6.42 Å². The number of unbranched alkanes of at least 4 members (excludes halogenated alkanes) is 3. The maximum atomic E-state index is 12.1. The van der Waals surface area contributed by atoms with Gasteiger partial charge in [0, 0.05) is 0 Å². The van der Waals surface area contributed by atoms with Crippen LogP contribution in [0.25, 0.3) is 0 Å². The molecule has 3 nitrogen and oxygen atoms in total. The molecule has 2 aromatic carbocycles. The predicted molar refractivity (Wildman–Crippen MR) is 96.9 cm³/mol. The Hall–Kier alpha value is -2.29. The number of carbonyl (C=O) groups excluding carboxylic acids is 1. The van der Waals surface area contributed by atoms with Crippen molar-refractivity contribution in [3.63, 3.8) is 0 Å². The molecular formula is C21H26O3. The molecule has 0 radical (unpaired) electrons. The highest BCUT2D eigenvalue weighted by Gasteiger charge is 2.13. The molecule has 0 aliphatic rings. The molecule has 2 aromatic rings. The maximum absolute atomic E-state index is 12.1. The average Bonchev–Trinajstić information content (AvgIpc) is 2.57. The Bertz CT molecular complexity index is 677. The van der Waals surface area contributed by atoms with Crippen LogP contribution in [0.1, 0.15) is 49.3 Å². The second-order valence-corrected chi connectivity index (χ2v) is 6.07. The first-order valence-corrected chi connectivity index (χ1v) is 8.65. The zero-order valence-electron chi connectivity index (χ0n) is 14.8. The minimum atomic E-state index is -0.690. The topological polar surface area (TPSA) is 35.5 Å². The molecule has 0 aliphatic carbocycles. The second-order valence-electron chi connectivity index (χ2n) is 6.07. The monoisotopic (exact) mass is 326 g/mol. The molecule has 0 unspecified atom stereocenters. The van der Waals surface area contributed by atoms with Gasteiger partial charge in [-0.1, -0.05) is 56.5 Å². The van der Waals surface area contributed by atoms with Crippen LogP contribution in [0.2, 0.25) is 0 Å². The Morgan fingerprint density at radius 2 is 1.58 bits per heavy atom. The molecule has 0 saturated heterocycles. The van der Waals surface area contributed by atoms with Crippen molar-refractivity contribution in [2.75, 3.05) is 0 Å². The van der Waals surface area contributed by atoms with Crippen LogP contribution < -0.4 is 9.47 Å². The van der Waals surface area contributed by atoms with Gasteiger partial charge in [-0.3, -0.25) is 0 Å². The van der Waals surface area contributed by atoms with Crippen molar-refractivity contribution in [2.24, 2.45) is 0 Å². The minimum Gasteiger partial charge on any atom is -0.394 e. The van der Waals surface area contributed by atoms with Crippen LogP contribution in [-0.4, -0.2) is 6.16 Å². The van der Waals surface area contributed by atoms with Gasteiger partial charge in [-0.15, -0.1) is 0 Å². The summed E-state index contributed by atoms with van der Waals surface area (Å²) in [6.45, 7) is 6.11. The molecule has 0 saturated carbocycles. The standard InChI is InChI=1S/C21H26O3/c1-4-5-6-7-12-18-13-8-9-14-20(18)24-21(22)23-19-15-10-11-16(2)17(19)3/h8-11,13-15H,4-7,12H2,1-3H3. The van der Waals surface area contributed by atoms with Crippen molar-refractivity contribution >= 4 is 6.16 Å². The summed E-state index contributed by atoms with van der Waals surface area (Å²) in [4.78, 5) is 12.1. The van der Waals surface area contributed by atoms with E-state index in [0.717, 1.165) is 29.5 Å². The van der Waals surface area contributed by atoms with E-state index < -0.39 is 6.16 Å². The molecule has 0 amide bonds. The number of hydrogen-bond acceptors (Lipinski definition) is 3. The van der Waals surface area contributed by atoms with Gasteiger partial charge in [0.15, 0.2) is 0 Å². The van der Waals surface area contributed by atoms with E-state index in [1.54, 1.807) is 6.07 Å². The van der Waals surface area contributed by atoms with Crippen LogP contribution in [0, 0.1) is 13.8 Å². The molecule has 24 heavy (non-hydrogen) atoms. The number of benzene rings is 2. The molecule has 0 N–H and O–H groups in total. The first-order chi connectivity index (χ1) is 11.6.